The van der Waals surface area contributed by atoms with Gasteiger partial charge in [0.15, 0.2) is 17.3 Å². The molecule has 1 fully saturated rings. The second-order valence-corrected chi connectivity index (χ2v) is 7.70. The second-order valence-electron chi connectivity index (χ2n) is 7.26. The number of ether oxygens (including phenoxy) is 3. The first kappa shape index (κ1) is 19.7. The maximum absolute atomic E-state index is 6.06. The first-order chi connectivity index (χ1) is 14.0. The monoisotopic (exact) mass is 413 g/mol. The van der Waals surface area contributed by atoms with Crippen LogP contribution in [-0.2, 0) is 4.74 Å². The summed E-state index contributed by atoms with van der Waals surface area (Å²) in [5, 5.41) is 1.60. The Morgan fingerprint density at radius 3 is 2.21 bits per heavy atom. The molecule has 0 aliphatic carbocycles. The summed E-state index contributed by atoms with van der Waals surface area (Å²) in [6.45, 7) is 5.67. The lowest BCUT2D eigenvalue weighted by molar-refractivity contribution is -0.00536. The van der Waals surface area contributed by atoms with Crippen molar-refractivity contribution in [2.75, 3.05) is 32.2 Å². The van der Waals surface area contributed by atoms with Gasteiger partial charge in [0.05, 0.1) is 31.9 Å². The lowest BCUT2D eigenvalue weighted by atomic mass is 10.1. The molecular formula is C22H24ClN3O3. The van der Waals surface area contributed by atoms with E-state index in [0.29, 0.717) is 22.3 Å². The molecule has 2 aromatic carbocycles. The summed E-state index contributed by atoms with van der Waals surface area (Å²) in [7, 11) is 3.25. The molecule has 0 N–H and O–H groups in total. The molecule has 1 saturated heterocycles. The van der Waals surface area contributed by atoms with Gasteiger partial charge in [0.2, 0.25) is 0 Å². The number of anilines is 1. The highest BCUT2D eigenvalue weighted by Crippen LogP contribution is 2.37. The highest BCUT2D eigenvalue weighted by molar-refractivity contribution is 6.30. The Hall–Kier alpha value is -2.57. The largest absolute Gasteiger partial charge is 0.493 e. The zero-order valence-electron chi connectivity index (χ0n) is 17.0. The van der Waals surface area contributed by atoms with Crippen molar-refractivity contribution < 1.29 is 14.2 Å². The van der Waals surface area contributed by atoms with Crippen molar-refractivity contribution >= 4 is 28.3 Å². The molecule has 1 aliphatic heterocycles. The van der Waals surface area contributed by atoms with Gasteiger partial charge in [-0.15, -0.1) is 0 Å². The van der Waals surface area contributed by atoms with Crippen molar-refractivity contribution in [2.45, 2.75) is 26.1 Å². The van der Waals surface area contributed by atoms with Crippen molar-refractivity contribution in [1.29, 1.82) is 0 Å². The normalized spacial score (nSPS) is 19.4. The minimum atomic E-state index is 0.114. The summed E-state index contributed by atoms with van der Waals surface area (Å²) >= 11 is 6.06. The van der Waals surface area contributed by atoms with Gasteiger partial charge >= 0.3 is 0 Å². The topological polar surface area (TPSA) is 56.7 Å². The maximum Gasteiger partial charge on any atom is 0.162 e. The van der Waals surface area contributed by atoms with Gasteiger partial charge in [0, 0.05) is 35.1 Å². The van der Waals surface area contributed by atoms with Crippen LogP contribution in [0.1, 0.15) is 13.8 Å². The van der Waals surface area contributed by atoms with Crippen LogP contribution in [0.2, 0.25) is 5.02 Å². The van der Waals surface area contributed by atoms with Crippen LogP contribution in [0.5, 0.6) is 11.5 Å². The van der Waals surface area contributed by atoms with Crippen LogP contribution >= 0.6 is 11.6 Å². The number of fused-ring (bicyclic) bond motifs is 1. The SMILES string of the molecule is COc1cc2nc(-c3ccc(Cl)cc3)nc(N3C[C@@H](C)O[C@@H](C)C3)c2cc1OC. The van der Waals surface area contributed by atoms with E-state index in [0.717, 1.165) is 35.4 Å². The first-order valence-electron chi connectivity index (χ1n) is 9.58. The summed E-state index contributed by atoms with van der Waals surface area (Å²) < 4.78 is 16.9. The highest BCUT2D eigenvalue weighted by atomic mass is 35.5. The Balaban J connectivity index is 1.93. The standard InChI is InChI=1S/C22H24ClN3O3/c1-13-11-26(12-14(2)29-13)22-17-9-19(27-3)20(28-4)10-18(17)24-21(25-22)15-5-7-16(23)8-6-15/h5-10,13-14H,11-12H2,1-4H3/t13-,14+. The summed E-state index contributed by atoms with van der Waals surface area (Å²) in [5.41, 5.74) is 1.70. The van der Waals surface area contributed by atoms with Crippen LogP contribution in [0, 0.1) is 0 Å². The van der Waals surface area contributed by atoms with Gasteiger partial charge in [-0.05, 0) is 44.2 Å². The van der Waals surface area contributed by atoms with Crippen LogP contribution < -0.4 is 14.4 Å². The zero-order chi connectivity index (χ0) is 20.5. The maximum atomic E-state index is 6.06. The molecule has 0 unspecified atom stereocenters. The van der Waals surface area contributed by atoms with Gasteiger partial charge in [0.25, 0.3) is 0 Å². The van der Waals surface area contributed by atoms with E-state index in [4.69, 9.17) is 35.8 Å². The third-order valence-electron chi connectivity index (χ3n) is 5.00. The summed E-state index contributed by atoms with van der Waals surface area (Å²) in [6.07, 6.45) is 0.228. The molecule has 2 atom stereocenters. The fraction of sp³-hybridized carbons (Fsp3) is 0.364. The molecular weight excluding hydrogens is 390 g/mol. The molecule has 0 bridgehead atoms. The quantitative estimate of drug-likeness (QED) is 0.624. The molecule has 2 heterocycles. The van der Waals surface area contributed by atoms with Gasteiger partial charge in [-0.2, -0.15) is 0 Å². The molecule has 3 aromatic rings. The number of halogens is 1. The van der Waals surface area contributed by atoms with Crippen LogP contribution in [-0.4, -0.2) is 49.5 Å². The summed E-state index contributed by atoms with van der Waals surface area (Å²) in [5.74, 6) is 2.79. The fourth-order valence-electron chi connectivity index (χ4n) is 3.76. The molecule has 6 nitrogen and oxygen atoms in total. The first-order valence-corrected chi connectivity index (χ1v) is 9.96. The third-order valence-corrected chi connectivity index (χ3v) is 5.25. The number of hydrogen-bond donors (Lipinski definition) is 0. The fourth-order valence-corrected chi connectivity index (χ4v) is 3.89. The molecule has 0 amide bonds. The van der Waals surface area contributed by atoms with Crippen molar-refractivity contribution in [1.82, 2.24) is 9.97 Å². The molecule has 29 heavy (non-hydrogen) atoms. The van der Waals surface area contributed by atoms with E-state index in [1.54, 1.807) is 14.2 Å². The Kier molecular flexibility index (Phi) is 5.48. The number of rotatable bonds is 4. The van der Waals surface area contributed by atoms with E-state index in [-0.39, 0.29) is 12.2 Å². The number of morpholine rings is 1. The lowest BCUT2D eigenvalue weighted by Crippen LogP contribution is -2.46. The van der Waals surface area contributed by atoms with Crippen LogP contribution in [0.3, 0.4) is 0 Å². The average Bonchev–Trinajstić information content (AvgIpc) is 2.71. The Bertz CT molecular complexity index is 1020. The van der Waals surface area contributed by atoms with Crippen molar-refractivity contribution in [2.24, 2.45) is 0 Å². The van der Waals surface area contributed by atoms with E-state index in [2.05, 4.69) is 18.7 Å². The van der Waals surface area contributed by atoms with E-state index >= 15 is 0 Å². The van der Waals surface area contributed by atoms with Gasteiger partial charge < -0.3 is 19.1 Å². The molecule has 7 heteroatoms. The van der Waals surface area contributed by atoms with Crippen molar-refractivity contribution in [3.05, 3.63) is 41.4 Å². The van der Waals surface area contributed by atoms with Crippen LogP contribution in [0.25, 0.3) is 22.3 Å². The molecule has 4 rings (SSSR count). The molecule has 152 valence electrons. The Labute approximate surface area is 175 Å². The zero-order valence-corrected chi connectivity index (χ0v) is 17.7. The van der Waals surface area contributed by atoms with Crippen molar-refractivity contribution in [3.63, 3.8) is 0 Å². The van der Waals surface area contributed by atoms with Crippen LogP contribution in [0.15, 0.2) is 36.4 Å². The lowest BCUT2D eigenvalue weighted by Gasteiger charge is -2.36. The molecule has 1 aliphatic rings. The number of hydrogen-bond acceptors (Lipinski definition) is 6. The van der Waals surface area contributed by atoms with Gasteiger partial charge in [-0.1, -0.05) is 11.6 Å². The van der Waals surface area contributed by atoms with Gasteiger partial charge in [0.1, 0.15) is 5.82 Å². The number of benzene rings is 2. The highest BCUT2D eigenvalue weighted by Gasteiger charge is 2.26. The molecule has 0 saturated carbocycles. The number of aromatic nitrogens is 2. The number of methoxy groups -OCH3 is 2. The molecule has 0 spiro atoms. The van der Waals surface area contributed by atoms with E-state index in [1.165, 1.54) is 0 Å². The van der Waals surface area contributed by atoms with Crippen LogP contribution in [0.4, 0.5) is 5.82 Å². The second kappa shape index (κ2) is 8.05. The third kappa shape index (κ3) is 3.95. The Morgan fingerprint density at radius 2 is 1.59 bits per heavy atom. The summed E-state index contributed by atoms with van der Waals surface area (Å²) in [4.78, 5) is 12.0. The van der Waals surface area contributed by atoms with Gasteiger partial charge in [-0.25, -0.2) is 9.97 Å². The molecule has 1 aromatic heterocycles. The van der Waals surface area contributed by atoms with Crippen molar-refractivity contribution in [3.8, 4) is 22.9 Å². The average molecular weight is 414 g/mol. The minimum absolute atomic E-state index is 0.114. The predicted octanol–water partition coefficient (Wildman–Crippen LogP) is 4.58. The van der Waals surface area contributed by atoms with E-state index in [1.807, 2.05) is 36.4 Å². The predicted molar refractivity (Wildman–Crippen MR) is 115 cm³/mol. The minimum Gasteiger partial charge on any atom is -0.493 e. The van der Waals surface area contributed by atoms with E-state index < -0.39 is 0 Å². The van der Waals surface area contributed by atoms with Gasteiger partial charge in [-0.3, -0.25) is 0 Å². The Morgan fingerprint density at radius 1 is 0.966 bits per heavy atom. The number of nitrogens with zero attached hydrogens (tertiary/aromatic N) is 3. The summed E-state index contributed by atoms with van der Waals surface area (Å²) in [6, 6.07) is 11.4. The molecule has 0 radical (unpaired) electrons. The smallest absolute Gasteiger partial charge is 0.162 e. The van der Waals surface area contributed by atoms with E-state index in [9.17, 15) is 0 Å².